The minimum Gasteiger partial charge on any atom is -0.496 e. The van der Waals surface area contributed by atoms with E-state index in [1.165, 1.54) is 6.20 Å². The van der Waals surface area contributed by atoms with Crippen molar-refractivity contribution in [1.29, 1.82) is 0 Å². The number of methoxy groups -OCH3 is 2. The maximum atomic E-state index is 11.7. The zero-order chi connectivity index (χ0) is 19.1. The second-order valence-corrected chi connectivity index (χ2v) is 5.73. The summed E-state index contributed by atoms with van der Waals surface area (Å²) in [5.74, 6) is 0.775. The first-order valence-electron chi connectivity index (χ1n) is 8.01. The molecule has 0 fully saturated rings. The average molecular weight is 360 g/mol. The van der Waals surface area contributed by atoms with E-state index in [0.29, 0.717) is 24.9 Å². The third-order valence-corrected chi connectivity index (χ3v) is 3.61. The Labute approximate surface area is 152 Å². The van der Waals surface area contributed by atoms with Gasteiger partial charge in [-0.05, 0) is 30.7 Å². The number of benzene rings is 1. The van der Waals surface area contributed by atoms with Crippen molar-refractivity contribution in [1.82, 2.24) is 9.97 Å². The third kappa shape index (κ3) is 5.04. The molecule has 6 N–H and O–H groups in total. The average Bonchev–Trinajstić information content (AvgIpc) is 2.60. The Morgan fingerprint density at radius 3 is 2.73 bits per heavy atom. The van der Waals surface area contributed by atoms with Crippen LogP contribution in [0.5, 0.6) is 5.75 Å². The van der Waals surface area contributed by atoms with Crippen LogP contribution in [0.25, 0.3) is 0 Å². The molecule has 1 amide bonds. The monoisotopic (exact) mass is 360 g/mol. The van der Waals surface area contributed by atoms with E-state index >= 15 is 0 Å². The number of carbonyl (C=O) groups excluding carboxylic acids is 1. The molecule has 1 heterocycles. The summed E-state index contributed by atoms with van der Waals surface area (Å²) in [6.07, 6.45) is 1.37. The van der Waals surface area contributed by atoms with Gasteiger partial charge >= 0.3 is 0 Å². The van der Waals surface area contributed by atoms with Crippen LogP contribution >= 0.6 is 0 Å². The van der Waals surface area contributed by atoms with Crippen molar-refractivity contribution in [3.8, 4) is 5.75 Å². The van der Waals surface area contributed by atoms with E-state index in [1.807, 2.05) is 25.1 Å². The van der Waals surface area contributed by atoms with Crippen molar-refractivity contribution >= 4 is 23.4 Å². The lowest BCUT2D eigenvalue weighted by Crippen LogP contribution is -2.33. The van der Waals surface area contributed by atoms with Crippen molar-refractivity contribution in [2.24, 2.45) is 11.5 Å². The lowest BCUT2D eigenvalue weighted by Gasteiger charge is -2.14. The van der Waals surface area contributed by atoms with E-state index < -0.39 is 5.91 Å². The topological polar surface area (TPSA) is 137 Å². The predicted molar refractivity (Wildman–Crippen MR) is 99.9 cm³/mol. The first-order chi connectivity index (χ1) is 12.4. The van der Waals surface area contributed by atoms with Crippen LogP contribution < -0.4 is 26.8 Å². The summed E-state index contributed by atoms with van der Waals surface area (Å²) in [5.41, 5.74) is 13.2. The number of aryl methyl sites for hydroxylation is 1. The first kappa shape index (κ1) is 19.4. The fourth-order valence-corrected chi connectivity index (χ4v) is 2.33. The Morgan fingerprint density at radius 2 is 2.12 bits per heavy atom. The molecular weight excluding hydrogens is 336 g/mol. The molecule has 1 aromatic heterocycles. The minimum atomic E-state index is -0.625. The first-order valence-corrected chi connectivity index (χ1v) is 8.01. The number of primary amides is 1. The largest absolute Gasteiger partial charge is 0.496 e. The second-order valence-electron chi connectivity index (χ2n) is 5.73. The summed E-state index contributed by atoms with van der Waals surface area (Å²) >= 11 is 0. The standard InChI is InChI=1S/C17H24N6O3/c1-10-6-12(4-5-14(10)26-3)22-16-13(15(19)24)8-21-17(23-16)20-7-11(18)9-25-2/h4-6,8,11H,7,9,18H2,1-3H3,(H2,19,24)(H2,20,21,22,23)/t11-/m0/s1. The maximum absolute atomic E-state index is 11.7. The van der Waals surface area contributed by atoms with Crippen LogP contribution in [0, 0.1) is 6.92 Å². The van der Waals surface area contributed by atoms with Gasteiger partial charge in [0.05, 0.1) is 13.7 Å². The van der Waals surface area contributed by atoms with Crippen LogP contribution in [0.1, 0.15) is 15.9 Å². The van der Waals surface area contributed by atoms with Gasteiger partial charge in [0, 0.05) is 31.6 Å². The van der Waals surface area contributed by atoms with Crippen LogP contribution in [0.3, 0.4) is 0 Å². The molecule has 0 aliphatic rings. The molecular formula is C17H24N6O3. The minimum absolute atomic E-state index is 0.185. The molecule has 0 spiro atoms. The number of nitrogens with two attached hydrogens (primary N) is 2. The molecule has 0 radical (unpaired) electrons. The van der Waals surface area contributed by atoms with E-state index in [4.69, 9.17) is 20.9 Å². The van der Waals surface area contributed by atoms with Crippen LogP contribution in [-0.4, -0.2) is 49.3 Å². The molecule has 9 nitrogen and oxygen atoms in total. The molecule has 0 bridgehead atoms. The molecule has 2 rings (SSSR count). The molecule has 1 atom stereocenters. The van der Waals surface area contributed by atoms with Gasteiger partial charge in [-0.25, -0.2) is 4.98 Å². The maximum Gasteiger partial charge on any atom is 0.254 e. The van der Waals surface area contributed by atoms with E-state index in [2.05, 4.69) is 20.6 Å². The van der Waals surface area contributed by atoms with E-state index in [0.717, 1.165) is 17.0 Å². The van der Waals surface area contributed by atoms with Crippen molar-refractivity contribution < 1.29 is 14.3 Å². The van der Waals surface area contributed by atoms with E-state index in [-0.39, 0.29) is 11.6 Å². The SMILES string of the molecule is COC[C@@H](N)CNc1ncc(C(N)=O)c(Nc2ccc(OC)c(C)c2)n1. The van der Waals surface area contributed by atoms with Gasteiger partial charge < -0.3 is 31.6 Å². The number of hydrogen-bond donors (Lipinski definition) is 4. The Balaban J connectivity index is 2.22. The predicted octanol–water partition coefficient (Wildman–Crippen LogP) is 1.02. The molecule has 0 aliphatic carbocycles. The highest BCUT2D eigenvalue weighted by molar-refractivity contribution is 5.98. The van der Waals surface area contributed by atoms with Gasteiger partial charge in [0.2, 0.25) is 5.95 Å². The molecule has 0 saturated heterocycles. The van der Waals surface area contributed by atoms with Crippen LogP contribution in [0.4, 0.5) is 17.5 Å². The van der Waals surface area contributed by atoms with Gasteiger partial charge in [-0.1, -0.05) is 0 Å². The number of nitrogens with one attached hydrogen (secondary N) is 2. The normalized spacial score (nSPS) is 11.7. The van der Waals surface area contributed by atoms with Gasteiger partial charge in [0.15, 0.2) is 0 Å². The molecule has 0 saturated carbocycles. The Morgan fingerprint density at radius 1 is 1.35 bits per heavy atom. The number of carbonyl (C=O) groups is 1. The van der Waals surface area contributed by atoms with Crippen molar-refractivity contribution in [2.75, 3.05) is 38.0 Å². The highest BCUT2D eigenvalue weighted by Crippen LogP contribution is 2.25. The fraction of sp³-hybridized carbons (Fsp3) is 0.353. The van der Waals surface area contributed by atoms with Crippen LogP contribution in [0.15, 0.2) is 24.4 Å². The lowest BCUT2D eigenvalue weighted by atomic mass is 10.2. The highest BCUT2D eigenvalue weighted by atomic mass is 16.5. The van der Waals surface area contributed by atoms with Gasteiger partial charge in [0.1, 0.15) is 17.1 Å². The smallest absolute Gasteiger partial charge is 0.254 e. The summed E-state index contributed by atoms with van der Waals surface area (Å²) in [4.78, 5) is 20.1. The third-order valence-electron chi connectivity index (χ3n) is 3.61. The van der Waals surface area contributed by atoms with Crippen molar-refractivity contribution in [2.45, 2.75) is 13.0 Å². The molecule has 2 aromatic rings. The van der Waals surface area contributed by atoms with E-state index in [1.54, 1.807) is 14.2 Å². The number of nitrogens with zero attached hydrogens (tertiary/aromatic N) is 2. The molecule has 0 unspecified atom stereocenters. The Kier molecular flexibility index (Phi) is 6.70. The van der Waals surface area contributed by atoms with Gasteiger partial charge in [0.25, 0.3) is 5.91 Å². The summed E-state index contributed by atoms with van der Waals surface area (Å²) < 4.78 is 10.2. The van der Waals surface area contributed by atoms with Gasteiger partial charge in [-0.15, -0.1) is 0 Å². The second kappa shape index (κ2) is 8.97. The zero-order valence-corrected chi connectivity index (χ0v) is 15.1. The summed E-state index contributed by atoms with van der Waals surface area (Å²) in [7, 11) is 3.19. The lowest BCUT2D eigenvalue weighted by molar-refractivity contribution is 0.100. The summed E-state index contributed by atoms with van der Waals surface area (Å²) in [6.45, 7) is 2.75. The van der Waals surface area contributed by atoms with Gasteiger partial charge in [-0.2, -0.15) is 4.98 Å². The molecule has 0 aliphatic heterocycles. The van der Waals surface area contributed by atoms with E-state index in [9.17, 15) is 4.79 Å². The van der Waals surface area contributed by atoms with Crippen molar-refractivity contribution in [3.63, 3.8) is 0 Å². The fourth-order valence-electron chi connectivity index (χ4n) is 2.33. The molecule has 9 heteroatoms. The highest BCUT2D eigenvalue weighted by Gasteiger charge is 2.13. The zero-order valence-electron chi connectivity index (χ0n) is 15.1. The molecule has 26 heavy (non-hydrogen) atoms. The number of anilines is 3. The number of amides is 1. The number of rotatable bonds is 9. The summed E-state index contributed by atoms with van der Waals surface area (Å²) in [5, 5.41) is 6.11. The number of aromatic nitrogens is 2. The molecule has 1 aromatic carbocycles. The Hall–Kier alpha value is -2.91. The number of hydrogen-bond acceptors (Lipinski definition) is 8. The van der Waals surface area contributed by atoms with Gasteiger partial charge in [-0.3, -0.25) is 4.79 Å². The summed E-state index contributed by atoms with van der Waals surface area (Å²) in [6, 6.07) is 5.32. The molecule has 140 valence electrons. The van der Waals surface area contributed by atoms with Crippen molar-refractivity contribution in [3.05, 3.63) is 35.5 Å². The van der Waals surface area contributed by atoms with Crippen LogP contribution in [0.2, 0.25) is 0 Å². The van der Waals surface area contributed by atoms with Crippen LogP contribution in [-0.2, 0) is 4.74 Å². The number of ether oxygens (including phenoxy) is 2. The Bertz CT molecular complexity index is 768. The quantitative estimate of drug-likeness (QED) is 0.520.